The Bertz CT molecular complexity index is 1070. The van der Waals surface area contributed by atoms with Gasteiger partial charge in [0.05, 0.1) is 16.8 Å². The van der Waals surface area contributed by atoms with E-state index in [4.69, 9.17) is 9.31 Å². The third kappa shape index (κ3) is 4.36. The fourth-order valence-corrected chi connectivity index (χ4v) is 10.5. The van der Waals surface area contributed by atoms with Crippen molar-refractivity contribution in [2.45, 2.75) is 97.1 Å². The molecule has 1 N–H and O–H groups in total. The number of phenols is 1. The molecule has 3 nitrogen and oxygen atoms in total. The number of halogens is 1. The summed E-state index contributed by atoms with van der Waals surface area (Å²) in [6, 6.07) is 6.38. The van der Waals surface area contributed by atoms with Crippen molar-refractivity contribution in [1.82, 2.24) is 0 Å². The third-order valence-corrected chi connectivity index (χ3v) is 14.1. The molecule has 0 bridgehead atoms. The minimum atomic E-state index is -2.07. The van der Waals surface area contributed by atoms with Crippen molar-refractivity contribution in [3.8, 4) is 17.2 Å². The molecule has 2 aromatic carbocycles. The highest BCUT2D eigenvalue weighted by Gasteiger charge is 2.52. The number of phenolic OH excluding ortho intramolecular Hbond substituents is 1. The van der Waals surface area contributed by atoms with E-state index in [1.807, 2.05) is 27.7 Å². The molecule has 0 saturated carbocycles. The fraction of sp³-hybridized carbons (Fsp3) is 0.556. The zero-order valence-electron chi connectivity index (χ0n) is 21.8. The van der Waals surface area contributed by atoms with Gasteiger partial charge in [-0.1, -0.05) is 53.5 Å². The second-order valence-electron chi connectivity index (χ2n) is 11.3. The van der Waals surface area contributed by atoms with Crippen LogP contribution in [0.1, 0.15) is 74.8 Å². The highest BCUT2D eigenvalue weighted by atomic mass is 28.3. The van der Waals surface area contributed by atoms with Crippen LogP contribution in [-0.4, -0.2) is 31.5 Å². The second kappa shape index (κ2) is 8.76. The maximum Gasteiger partial charge on any atom is 0.495 e. The Morgan fingerprint density at radius 2 is 1.42 bits per heavy atom. The summed E-state index contributed by atoms with van der Waals surface area (Å²) in [6.07, 6.45) is 0. The molecule has 6 heteroatoms. The monoisotopic (exact) mass is 468 g/mol. The third-order valence-electron chi connectivity index (χ3n) is 7.86. The second-order valence-corrected chi connectivity index (χ2v) is 16.9. The molecule has 0 radical (unpaired) electrons. The molecule has 1 heterocycles. The summed E-state index contributed by atoms with van der Waals surface area (Å²) in [6.45, 7) is 21.4. The van der Waals surface area contributed by atoms with Gasteiger partial charge in [-0.25, -0.2) is 4.39 Å². The van der Waals surface area contributed by atoms with Crippen LogP contribution < -0.4 is 5.46 Å². The molecule has 3 rings (SSSR count). The maximum absolute atomic E-state index is 15.3. The Labute approximate surface area is 200 Å². The first kappa shape index (κ1) is 25.8. The Balaban J connectivity index is 2.30. The molecule has 0 amide bonds. The normalized spacial score (nSPS) is 17.8. The van der Waals surface area contributed by atoms with Crippen LogP contribution in [0.4, 0.5) is 4.39 Å². The van der Waals surface area contributed by atoms with Crippen LogP contribution in [0.2, 0.25) is 16.6 Å². The van der Waals surface area contributed by atoms with Crippen molar-refractivity contribution in [1.29, 1.82) is 0 Å². The summed E-state index contributed by atoms with van der Waals surface area (Å²) in [7, 11) is -2.79. The smallest absolute Gasteiger partial charge is 0.495 e. The van der Waals surface area contributed by atoms with Gasteiger partial charge in [-0.15, -0.1) is 5.54 Å². The largest absolute Gasteiger partial charge is 0.508 e. The molecule has 0 aromatic heterocycles. The molecular weight excluding hydrogens is 430 g/mol. The molecular formula is C27H38BFO3Si. The first-order chi connectivity index (χ1) is 15.1. The Morgan fingerprint density at radius 1 is 0.909 bits per heavy atom. The van der Waals surface area contributed by atoms with E-state index < -0.39 is 26.4 Å². The van der Waals surface area contributed by atoms with Crippen molar-refractivity contribution in [3.05, 3.63) is 35.6 Å². The van der Waals surface area contributed by atoms with Gasteiger partial charge < -0.3 is 14.4 Å². The zero-order chi connectivity index (χ0) is 24.9. The molecule has 1 fully saturated rings. The van der Waals surface area contributed by atoms with E-state index in [9.17, 15) is 5.11 Å². The van der Waals surface area contributed by atoms with Gasteiger partial charge in [0.1, 0.15) is 19.6 Å². The van der Waals surface area contributed by atoms with Gasteiger partial charge in [0.15, 0.2) is 0 Å². The predicted octanol–water partition coefficient (Wildman–Crippen LogP) is 6.55. The van der Waals surface area contributed by atoms with Crippen LogP contribution in [0.3, 0.4) is 0 Å². The summed E-state index contributed by atoms with van der Waals surface area (Å²) in [4.78, 5) is 0. The molecule has 2 aromatic rings. The number of hydrogen-bond donors (Lipinski definition) is 1. The number of benzene rings is 2. The minimum absolute atomic E-state index is 0.0907. The van der Waals surface area contributed by atoms with E-state index in [0.29, 0.717) is 33.0 Å². The van der Waals surface area contributed by atoms with Gasteiger partial charge in [-0.2, -0.15) is 0 Å². The summed E-state index contributed by atoms with van der Waals surface area (Å²) < 4.78 is 27.9. The van der Waals surface area contributed by atoms with E-state index in [1.54, 1.807) is 18.2 Å². The number of rotatable bonds is 4. The Kier molecular flexibility index (Phi) is 6.85. The van der Waals surface area contributed by atoms with Crippen molar-refractivity contribution < 1.29 is 18.8 Å². The van der Waals surface area contributed by atoms with Crippen molar-refractivity contribution >= 4 is 31.4 Å². The van der Waals surface area contributed by atoms with E-state index in [0.717, 1.165) is 5.39 Å². The van der Waals surface area contributed by atoms with Gasteiger partial charge in [0.25, 0.3) is 0 Å². The lowest BCUT2D eigenvalue weighted by Gasteiger charge is -2.38. The topological polar surface area (TPSA) is 38.7 Å². The zero-order valence-corrected chi connectivity index (χ0v) is 22.8. The van der Waals surface area contributed by atoms with E-state index in [1.165, 1.54) is 6.07 Å². The SMILES string of the molecule is CC(C)[Si](C#Cc1c(F)ccc2cc(O)cc(B3OC(C)(C)C(C)(C)O3)c12)(C(C)C)C(C)C. The summed E-state index contributed by atoms with van der Waals surface area (Å²) in [5.41, 5.74) is 4.83. The van der Waals surface area contributed by atoms with Crippen molar-refractivity contribution in [3.63, 3.8) is 0 Å². The average molecular weight is 468 g/mol. The van der Waals surface area contributed by atoms with Crippen LogP contribution in [0.5, 0.6) is 5.75 Å². The van der Waals surface area contributed by atoms with Gasteiger partial charge >= 0.3 is 7.12 Å². The Hall–Kier alpha value is -1.81. The van der Waals surface area contributed by atoms with Gasteiger partial charge in [-0.05, 0) is 73.4 Å². The molecule has 1 saturated heterocycles. The highest BCUT2D eigenvalue weighted by molar-refractivity contribution is 6.90. The van der Waals surface area contributed by atoms with E-state index in [-0.39, 0.29) is 11.6 Å². The number of fused-ring (bicyclic) bond motifs is 1. The van der Waals surface area contributed by atoms with Gasteiger partial charge in [0.2, 0.25) is 0 Å². The van der Waals surface area contributed by atoms with E-state index >= 15 is 4.39 Å². The highest BCUT2D eigenvalue weighted by Crippen LogP contribution is 2.41. The van der Waals surface area contributed by atoms with Crippen LogP contribution in [-0.2, 0) is 9.31 Å². The summed E-state index contributed by atoms with van der Waals surface area (Å²) in [5.74, 6) is 3.04. The molecule has 1 aliphatic heterocycles. The maximum atomic E-state index is 15.3. The molecule has 0 atom stereocenters. The Morgan fingerprint density at radius 3 is 1.91 bits per heavy atom. The van der Waals surface area contributed by atoms with E-state index in [2.05, 4.69) is 53.0 Å². The van der Waals surface area contributed by atoms with Gasteiger partial charge in [-0.3, -0.25) is 0 Å². The van der Waals surface area contributed by atoms with Gasteiger partial charge in [0, 0.05) is 5.39 Å². The molecule has 0 unspecified atom stereocenters. The fourth-order valence-electron chi connectivity index (χ4n) is 5.34. The lowest BCUT2D eigenvalue weighted by Crippen LogP contribution is -2.43. The quantitative estimate of drug-likeness (QED) is 0.408. The standard InChI is InChI=1S/C27H38BFO3Si/c1-17(2)33(18(3)4,19(5)6)14-13-22-24(29)12-11-20-15-21(30)16-23(25(20)22)28-31-26(7,8)27(9,10)32-28/h11-12,15-19,30H,1-10H3. The van der Waals surface area contributed by atoms with Crippen LogP contribution >= 0.6 is 0 Å². The first-order valence-corrected chi connectivity index (χ1v) is 14.2. The molecule has 178 valence electrons. The first-order valence-electron chi connectivity index (χ1n) is 12.0. The molecule has 1 aliphatic rings. The van der Waals surface area contributed by atoms with Crippen molar-refractivity contribution in [2.24, 2.45) is 0 Å². The minimum Gasteiger partial charge on any atom is -0.508 e. The predicted molar refractivity (Wildman–Crippen MR) is 139 cm³/mol. The van der Waals surface area contributed by atoms with Crippen molar-refractivity contribution in [2.75, 3.05) is 0 Å². The summed E-state index contributed by atoms with van der Waals surface area (Å²) in [5, 5.41) is 11.8. The lowest BCUT2D eigenvalue weighted by molar-refractivity contribution is 0.00578. The molecule has 0 spiro atoms. The number of hydrogen-bond acceptors (Lipinski definition) is 3. The van der Waals surface area contributed by atoms with Crippen LogP contribution in [0.25, 0.3) is 10.8 Å². The molecule has 0 aliphatic carbocycles. The molecule has 33 heavy (non-hydrogen) atoms. The van der Waals surface area contributed by atoms with Crippen LogP contribution in [0.15, 0.2) is 24.3 Å². The lowest BCUT2D eigenvalue weighted by atomic mass is 9.75. The summed E-state index contributed by atoms with van der Waals surface area (Å²) >= 11 is 0. The average Bonchev–Trinajstić information content (AvgIpc) is 2.89. The number of aromatic hydroxyl groups is 1. The van der Waals surface area contributed by atoms with Crippen LogP contribution in [0, 0.1) is 17.3 Å².